The van der Waals surface area contributed by atoms with Crippen molar-refractivity contribution in [2.75, 3.05) is 0 Å². The molecule has 688 valence electrons. The largest absolute Gasteiger partial charge is 0.455 e. The molecule has 0 aliphatic carbocycles. The van der Waals surface area contributed by atoms with Crippen LogP contribution in [0, 0.1) is 0 Å². The summed E-state index contributed by atoms with van der Waals surface area (Å²) < 4.78 is 26.3. The van der Waals surface area contributed by atoms with Gasteiger partial charge in [-0.25, -0.2) is 0 Å². The van der Waals surface area contributed by atoms with E-state index in [9.17, 15) is 0 Å². The Kier molecular flexibility index (Phi) is 20.3. The highest BCUT2D eigenvalue weighted by Gasteiger charge is 2.29. The fraction of sp³-hybridized carbons (Fsp3) is 0. The molecule has 0 unspecified atom stereocenters. The zero-order valence-corrected chi connectivity index (χ0v) is 80.4. The molecule has 0 amide bonds. The van der Waals surface area contributed by atoms with Gasteiger partial charge in [-0.3, -0.25) is 0 Å². The number of fused-ring (bicyclic) bond motifs is 24. The highest BCUT2D eigenvalue weighted by Crippen LogP contribution is 2.56. The van der Waals surface area contributed by atoms with Gasteiger partial charge in [0.25, 0.3) is 0 Å². The van der Waals surface area contributed by atoms with Crippen LogP contribution >= 0.6 is 0 Å². The lowest BCUT2D eigenvalue weighted by Gasteiger charge is -2.20. The smallest absolute Gasteiger partial charge is 0.143 e. The van der Waals surface area contributed by atoms with E-state index < -0.39 is 0 Å². The van der Waals surface area contributed by atoms with Gasteiger partial charge >= 0.3 is 0 Å². The second kappa shape index (κ2) is 35.3. The lowest BCUT2D eigenvalue weighted by molar-refractivity contribution is 0.669. The van der Waals surface area contributed by atoms with Crippen molar-refractivity contribution < 1.29 is 17.7 Å². The van der Waals surface area contributed by atoms with Crippen LogP contribution in [-0.4, -0.2) is 0 Å². The molecule has 4 heterocycles. The van der Waals surface area contributed by atoms with Crippen LogP contribution < -0.4 is 0 Å². The molecule has 32 rings (SSSR count). The lowest BCUT2D eigenvalue weighted by Crippen LogP contribution is -1.92. The summed E-state index contributed by atoms with van der Waals surface area (Å²) in [5, 5.41) is 39.0. The molecule has 0 aliphatic heterocycles. The maximum absolute atomic E-state index is 6.72. The first-order valence-electron chi connectivity index (χ1n) is 50.8. The summed E-state index contributed by atoms with van der Waals surface area (Å²) >= 11 is 0. The van der Waals surface area contributed by atoms with Crippen molar-refractivity contribution in [2.24, 2.45) is 0 Å². The van der Waals surface area contributed by atoms with Crippen LogP contribution in [0.4, 0.5) is 0 Å². The average Bonchev–Trinajstić information content (AvgIpc) is 1.29. The fourth-order valence-electron chi connectivity index (χ4n) is 24.4. The third-order valence-electron chi connectivity index (χ3n) is 30.6. The molecule has 32 aromatic rings. The Morgan fingerprint density at radius 3 is 0.581 bits per heavy atom. The quantitative estimate of drug-likeness (QED) is 0.142. The van der Waals surface area contributed by atoms with Gasteiger partial charge in [-0.1, -0.05) is 497 Å². The first kappa shape index (κ1) is 85.3. The summed E-state index contributed by atoms with van der Waals surface area (Å²) in [6, 6.07) is 191. The van der Waals surface area contributed by atoms with Crippen LogP contribution in [-0.2, 0) is 0 Å². The first-order chi connectivity index (χ1) is 73.5. The van der Waals surface area contributed by atoms with Crippen LogP contribution in [0.2, 0.25) is 0 Å². The Hall–Kier alpha value is -19.5. The van der Waals surface area contributed by atoms with Crippen LogP contribution in [0.15, 0.2) is 552 Å². The minimum Gasteiger partial charge on any atom is -0.455 e. The van der Waals surface area contributed by atoms with Gasteiger partial charge in [0.2, 0.25) is 0 Å². The van der Waals surface area contributed by atoms with Crippen LogP contribution in [0.5, 0.6) is 0 Å². The zero-order chi connectivity index (χ0) is 97.4. The molecular formula is C144H88O4. The summed E-state index contributed by atoms with van der Waals surface area (Å²) in [6.45, 7) is 0. The Labute approximate surface area is 851 Å². The van der Waals surface area contributed by atoms with Crippen molar-refractivity contribution in [3.05, 3.63) is 534 Å². The minimum absolute atomic E-state index is 0.917. The monoisotopic (exact) mass is 1880 g/mol. The van der Waals surface area contributed by atoms with E-state index in [2.05, 4.69) is 504 Å². The first-order valence-corrected chi connectivity index (χ1v) is 50.8. The van der Waals surface area contributed by atoms with Crippen molar-refractivity contribution in [2.45, 2.75) is 0 Å². The molecule has 148 heavy (non-hydrogen) atoms. The van der Waals surface area contributed by atoms with Crippen molar-refractivity contribution in [3.8, 4) is 89.0 Å². The molecule has 4 nitrogen and oxygen atoms in total. The van der Waals surface area contributed by atoms with E-state index in [4.69, 9.17) is 17.7 Å². The fourth-order valence-corrected chi connectivity index (χ4v) is 24.4. The Morgan fingerprint density at radius 2 is 0.284 bits per heavy atom. The second-order valence-electron chi connectivity index (χ2n) is 38.6. The van der Waals surface area contributed by atoms with Gasteiger partial charge in [0, 0.05) is 87.6 Å². The Bertz CT molecular complexity index is 10800. The highest BCUT2D eigenvalue weighted by molar-refractivity contribution is 6.34. The van der Waals surface area contributed by atoms with Gasteiger partial charge in [0.05, 0.1) is 0 Å². The van der Waals surface area contributed by atoms with Gasteiger partial charge in [-0.15, -0.1) is 0 Å². The summed E-state index contributed by atoms with van der Waals surface area (Å²) in [5.74, 6) is 0. The van der Waals surface area contributed by atoms with E-state index in [1.165, 1.54) is 196 Å². The predicted molar refractivity (Wildman–Crippen MR) is 628 cm³/mol. The standard InChI is InChI=1S/C40H24O.2C36H22O.C32H20O/c1-3-15-27-25(12-1)14-11-22-30(27)37-31-18-5-7-20-33(31)38(34-21-8-6-19-32(34)37)39-28-16-4-2-13-26(28)24-35-29-17-9-10-23-36(29)41-40(35)39;1-2-13-24-23(11-1)12-9-19-26(24)34-27-15-3-5-17-29(27)35(30-18-6-4-16-28(30)34)32-21-10-20-31-25-14-7-8-22-33(25)37-36(31)32;1-2-12-23(13-3-1)33-27-17-6-8-19-29(27)34(30-20-9-7-18-28(30)33)35-25-15-5-4-14-24(25)22-31-26-16-10-11-21-32(26)37-36(31)35;1-2-11-21(12-3-1)30-23-14-4-6-16-25(23)31(26-17-7-5-15-24(26)30)28-19-10-18-27-22-13-8-9-20-29(22)33-32(27)28/h1-24H;2*1-22H;1-20H. The molecule has 0 saturated heterocycles. The van der Waals surface area contributed by atoms with Crippen molar-refractivity contribution in [1.29, 1.82) is 0 Å². The molecule has 0 radical (unpaired) electrons. The highest BCUT2D eigenvalue weighted by atomic mass is 16.3. The molecule has 0 fully saturated rings. The summed E-state index contributed by atoms with van der Waals surface area (Å²) in [5.41, 5.74) is 27.0. The molecule has 0 spiro atoms. The number of benzene rings is 28. The van der Waals surface area contributed by atoms with Crippen molar-refractivity contribution in [3.63, 3.8) is 0 Å². The topological polar surface area (TPSA) is 52.6 Å². The van der Waals surface area contributed by atoms with Gasteiger partial charge < -0.3 is 17.7 Å². The maximum atomic E-state index is 6.72. The van der Waals surface area contributed by atoms with Crippen LogP contribution in [0.3, 0.4) is 0 Å². The van der Waals surface area contributed by atoms with Gasteiger partial charge in [0.15, 0.2) is 0 Å². The Balaban J connectivity index is 0.0000000933. The number of hydrogen-bond acceptors (Lipinski definition) is 4. The number of hydrogen-bond donors (Lipinski definition) is 0. The molecule has 0 N–H and O–H groups in total. The second-order valence-corrected chi connectivity index (χ2v) is 38.6. The van der Waals surface area contributed by atoms with Crippen LogP contribution in [0.1, 0.15) is 0 Å². The molecule has 4 aromatic heterocycles. The van der Waals surface area contributed by atoms with Gasteiger partial charge in [0.1, 0.15) is 44.7 Å². The third kappa shape index (κ3) is 13.8. The predicted octanol–water partition coefficient (Wildman–Crippen LogP) is 41.5. The maximum Gasteiger partial charge on any atom is 0.143 e. The summed E-state index contributed by atoms with van der Waals surface area (Å²) in [6.07, 6.45) is 0. The van der Waals surface area contributed by atoms with Gasteiger partial charge in [-0.2, -0.15) is 0 Å². The molecule has 0 aliphatic rings. The molecular weight excluding hydrogens is 1790 g/mol. The molecule has 0 bridgehead atoms. The number of furan rings is 4. The molecule has 0 saturated carbocycles. The zero-order valence-electron chi connectivity index (χ0n) is 80.4. The molecule has 0 atom stereocenters. The summed E-state index contributed by atoms with van der Waals surface area (Å²) in [4.78, 5) is 0. The third-order valence-corrected chi connectivity index (χ3v) is 30.6. The van der Waals surface area contributed by atoms with E-state index in [1.807, 2.05) is 30.3 Å². The number of para-hydroxylation sites is 6. The summed E-state index contributed by atoms with van der Waals surface area (Å²) in [7, 11) is 0. The van der Waals surface area contributed by atoms with Crippen LogP contribution in [0.25, 0.3) is 306 Å². The molecule has 4 heteroatoms. The SMILES string of the molecule is c1ccc(-c2c3ccccc3c(-c3c4ccccc4cc4c3oc3ccccc34)c3ccccc23)cc1.c1ccc(-c2c3ccccc3c(-c3cccc4c3oc3ccccc34)c3ccccc23)cc1.c1ccc2c(-c3c4ccccc4c(-c4c5ccccc5cc5c4oc4ccccc45)c4ccccc34)cccc2c1.c1ccc2c(-c3c4ccccc4c(-c4cccc5c4oc4ccccc45)c4ccccc34)cccc2c1. The van der Waals surface area contributed by atoms with E-state index in [0.717, 1.165) is 110 Å². The normalized spacial score (nSPS) is 11.8. The number of rotatable bonds is 8. The van der Waals surface area contributed by atoms with E-state index in [-0.39, 0.29) is 0 Å². The van der Waals surface area contributed by atoms with Crippen molar-refractivity contribution in [1.82, 2.24) is 0 Å². The lowest BCUT2D eigenvalue weighted by atomic mass is 9.83. The average molecular weight is 1880 g/mol. The van der Waals surface area contributed by atoms with E-state index >= 15 is 0 Å². The van der Waals surface area contributed by atoms with Crippen molar-refractivity contribution >= 4 is 217 Å². The van der Waals surface area contributed by atoms with E-state index in [1.54, 1.807) is 0 Å². The van der Waals surface area contributed by atoms with E-state index in [0.29, 0.717) is 0 Å². The molecule has 28 aromatic carbocycles. The Morgan fingerprint density at radius 1 is 0.0946 bits per heavy atom. The van der Waals surface area contributed by atoms with Gasteiger partial charge in [-0.05, 0) is 210 Å². The minimum atomic E-state index is 0.917.